The summed E-state index contributed by atoms with van der Waals surface area (Å²) >= 11 is 1.90. The summed E-state index contributed by atoms with van der Waals surface area (Å²) in [6.07, 6.45) is 5.20. The van der Waals surface area contributed by atoms with E-state index in [1.54, 1.807) is 7.11 Å². The van der Waals surface area contributed by atoms with Gasteiger partial charge in [-0.3, -0.25) is 4.99 Å². The first kappa shape index (κ1) is 13.2. The van der Waals surface area contributed by atoms with E-state index >= 15 is 0 Å². The number of methoxy groups -OCH3 is 1. The van der Waals surface area contributed by atoms with Gasteiger partial charge in [0.1, 0.15) is 0 Å². The van der Waals surface area contributed by atoms with E-state index in [0.29, 0.717) is 17.6 Å². The van der Waals surface area contributed by atoms with Gasteiger partial charge >= 0.3 is 0 Å². The van der Waals surface area contributed by atoms with Crippen LogP contribution in [-0.4, -0.2) is 36.7 Å². The number of nitrogens with one attached hydrogen (secondary N) is 1. The van der Waals surface area contributed by atoms with Crippen molar-refractivity contribution in [1.82, 2.24) is 5.32 Å². The van der Waals surface area contributed by atoms with Crippen molar-refractivity contribution in [2.45, 2.75) is 51.7 Å². The first-order valence-electron chi connectivity index (χ1n) is 6.68. The number of amidine groups is 1. The van der Waals surface area contributed by atoms with Gasteiger partial charge in [0.15, 0.2) is 5.17 Å². The first-order valence-corrected chi connectivity index (χ1v) is 7.66. The van der Waals surface area contributed by atoms with Gasteiger partial charge in [-0.2, -0.15) is 0 Å². The molecule has 3 nitrogen and oxygen atoms in total. The Morgan fingerprint density at radius 3 is 2.59 bits per heavy atom. The molecule has 0 bridgehead atoms. The smallest absolute Gasteiger partial charge is 0.156 e. The van der Waals surface area contributed by atoms with Crippen molar-refractivity contribution in [2.75, 3.05) is 19.4 Å². The zero-order valence-electron chi connectivity index (χ0n) is 11.2. The second-order valence-electron chi connectivity index (χ2n) is 5.29. The molecule has 0 amide bonds. The fourth-order valence-corrected chi connectivity index (χ4v) is 3.72. The molecule has 1 fully saturated rings. The Hall–Kier alpha value is -0.220. The molecule has 4 heteroatoms. The molecule has 1 heterocycles. The van der Waals surface area contributed by atoms with Gasteiger partial charge in [0.25, 0.3) is 0 Å². The third kappa shape index (κ3) is 2.97. The van der Waals surface area contributed by atoms with Gasteiger partial charge in [-0.25, -0.2) is 0 Å². The van der Waals surface area contributed by atoms with Gasteiger partial charge in [-0.05, 0) is 31.1 Å². The van der Waals surface area contributed by atoms with Gasteiger partial charge in [-0.15, -0.1) is 0 Å². The van der Waals surface area contributed by atoms with Crippen LogP contribution in [0.5, 0.6) is 0 Å². The number of aliphatic imine (C=N–C) groups is 1. The van der Waals surface area contributed by atoms with E-state index in [2.05, 4.69) is 19.2 Å². The lowest BCUT2D eigenvalue weighted by Crippen LogP contribution is -2.48. The quantitative estimate of drug-likeness (QED) is 0.839. The maximum absolute atomic E-state index is 5.29. The summed E-state index contributed by atoms with van der Waals surface area (Å²) in [7, 11) is 1.80. The average molecular weight is 256 g/mol. The highest BCUT2D eigenvalue weighted by atomic mass is 32.2. The summed E-state index contributed by atoms with van der Waals surface area (Å²) in [5.74, 6) is 1.21. The normalized spacial score (nSPS) is 31.6. The van der Waals surface area contributed by atoms with Crippen molar-refractivity contribution in [3.8, 4) is 0 Å². The van der Waals surface area contributed by atoms with E-state index in [1.807, 2.05) is 11.8 Å². The van der Waals surface area contributed by atoms with E-state index in [-0.39, 0.29) is 0 Å². The van der Waals surface area contributed by atoms with E-state index < -0.39 is 0 Å². The van der Waals surface area contributed by atoms with Crippen molar-refractivity contribution in [2.24, 2.45) is 10.4 Å². The van der Waals surface area contributed by atoms with Crippen molar-refractivity contribution in [3.05, 3.63) is 0 Å². The minimum Gasteiger partial charge on any atom is -0.381 e. The van der Waals surface area contributed by atoms with Crippen LogP contribution in [0.15, 0.2) is 4.99 Å². The number of rotatable bonds is 4. The Kier molecular flexibility index (Phi) is 4.36. The molecule has 0 atom stereocenters. The summed E-state index contributed by atoms with van der Waals surface area (Å²) in [5.41, 5.74) is 0.449. The Bertz CT molecular complexity index is 283. The zero-order valence-corrected chi connectivity index (χ0v) is 12.0. The summed E-state index contributed by atoms with van der Waals surface area (Å²) in [4.78, 5) is 4.73. The molecule has 0 aromatic heterocycles. The lowest BCUT2D eigenvalue weighted by Gasteiger charge is -2.38. The second kappa shape index (κ2) is 5.61. The van der Waals surface area contributed by atoms with E-state index in [4.69, 9.17) is 9.73 Å². The molecule has 2 aliphatic rings. The first-order chi connectivity index (χ1) is 8.21. The molecule has 1 aliphatic carbocycles. The fourth-order valence-electron chi connectivity index (χ4n) is 2.37. The van der Waals surface area contributed by atoms with Crippen molar-refractivity contribution < 1.29 is 4.74 Å². The minimum absolute atomic E-state index is 0.449. The number of hydrogen-bond donors (Lipinski definition) is 1. The molecule has 0 aromatic rings. The second-order valence-corrected chi connectivity index (χ2v) is 6.25. The maximum atomic E-state index is 5.29. The SMILES string of the molecule is CCC1(CC)CN=C(NC2CC(OC)C2)SC1. The van der Waals surface area contributed by atoms with E-state index in [9.17, 15) is 0 Å². The summed E-state index contributed by atoms with van der Waals surface area (Å²) in [6, 6.07) is 0.585. The standard InChI is InChI=1S/C13H24N2OS/c1-4-13(5-2)8-14-12(17-9-13)15-10-6-11(7-10)16-3/h10-11H,4-9H2,1-3H3,(H,14,15). The van der Waals surface area contributed by atoms with Crippen molar-refractivity contribution in [3.63, 3.8) is 0 Å². The molecule has 1 N–H and O–H groups in total. The molecule has 1 saturated carbocycles. The topological polar surface area (TPSA) is 33.6 Å². The van der Waals surface area contributed by atoms with Crippen LogP contribution < -0.4 is 5.32 Å². The number of thioether (sulfide) groups is 1. The highest BCUT2D eigenvalue weighted by Crippen LogP contribution is 2.35. The van der Waals surface area contributed by atoms with Gasteiger partial charge < -0.3 is 10.1 Å². The predicted octanol–water partition coefficient (Wildman–Crippen LogP) is 2.66. The summed E-state index contributed by atoms with van der Waals surface area (Å²) in [6.45, 7) is 5.57. The molecule has 0 saturated heterocycles. The maximum Gasteiger partial charge on any atom is 0.156 e. The number of ether oxygens (including phenoxy) is 1. The third-order valence-corrected chi connectivity index (χ3v) is 5.61. The van der Waals surface area contributed by atoms with Crippen LogP contribution in [0.2, 0.25) is 0 Å². The molecule has 0 aromatic carbocycles. The monoisotopic (exact) mass is 256 g/mol. The summed E-state index contributed by atoms with van der Waals surface area (Å²) in [5, 5.41) is 4.69. The minimum atomic E-state index is 0.449. The van der Waals surface area contributed by atoms with E-state index in [0.717, 1.165) is 24.6 Å². The molecule has 0 spiro atoms. The molecule has 2 rings (SSSR count). The highest BCUT2D eigenvalue weighted by molar-refractivity contribution is 8.13. The van der Waals surface area contributed by atoms with Crippen LogP contribution in [0.1, 0.15) is 39.5 Å². The predicted molar refractivity (Wildman–Crippen MR) is 74.7 cm³/mol. The Morgan fingerprint density at radius 1 is 1.41 bits per heavy atom. The van der Waals surface area contributed by atoms with Gasteiger partial charge in [-0.1, -0.05) is 25.6 Å². The van der Waals surface area contributed by atoms with Crippen LogP contribution in [0.3, 0.4) is 0 Å². The van der Waals surface area contributed by atoms with Crippen LogP contribution in [0.25, 0.3) is 0 Å². The largest absolute Gasteiger partial charge is 0.381 e. The zero-order chi connectivity index (χ0) is 12.3. The molecular weight excluding hydrogens is 232 g/mol. The van der Waals surface area contributed by atoms with Crippen LogP contribution in [-0.2, 0) is 4.74 Å². The van der Waals surface area contributed by atoms with E-state index in [1.165, 1.54) is 18.6 Å². The van der Waals surface area contributed by atoms with Crippen LogP contribution in [0.4, 0.5) is 0 Å². The van der Waals surface area contributed by atoms with Crippen LogP contribution in [0, 0.1) is 5.41 Å². The molecule has 0 unspecified atom stereocenters. The number of hydrogen-bond acceptors (Lipinski definition) is 4. The van der Waals surface area contributed by atoms with Gasteiger partial charge in [0.2, 0.25) is 0 Å². The lowest BCUT2D eigenvalue weighted by atomic mass is 9.84. The molecule has 17 heavy (non-hydrogen) atoms. The Balaban J connectivity index is 1.79. The van der Waals surface area contributed by atoms with Crippen molar-refractivity contribution >= 4 is 16.9 Å². The number of nitrogens with zero attached hydrogens (tertiary/aromatic N) is 1. The lowest BCUT2D eigenvalue weighted by molar-refractivity contribution is 0.0228. The van der Waals surface area contributed by atoms with Crippen molar-refractivity contribution in [1.29, 1.82) is 0 Å². The molecule has 1 aliphatic heterocycles. The molecule has 0 radical (unpaired) electrons. The average Bonchev–Trinajstić information content (AvgIpc) is 2.34. The van der Waals surface area contributed by atoms with Gasteiger partial charge in [0, 0.05) is 25.4 Å². The Labute approximate surface area is 109 Å². The molecule has 98 valence electrons. The summed E-state index contributed by atoms with van der Waals surface area (Å²) < 4.78 is 5.29. The highest BCUT2D eigenvalue weighted by Gasteiger charge is 2.33. The van der Waals surface area contributed by atoms with Gasteiger partial charge in [0.05, 0.1) is 6.10 Å². The fraction of sp³-hybridized carbons (Fsp3) is 0.923. The Morgan fingerprint density at radius 2 is 2.12 bits per heavy atom. The van der Waals surface area contributed by atoms with Crippen LogP contribution >= 0.6 is 11.8 Å². The third-order valence-electron chi connectivity index (χ3n) is 4.33. The molecular formula is C13H24N2OS.